The lowest BCUT2D eigenvalue weighted by molar-refractivity contribution is 0.122. The van der Waals surface area contributed by atoms with Crippen molar-refractivity contribution in [3.05, 3.63) is 23.8 Å². The Bertz CT molecular complexity index is 332. The number of morpholine rings is 1. The largest absolute Gasteiger partial charge is 0.495 e. The van der Waals surface area contributed by atoms with Crippen LogP contribution < -0.4 is 9.64 Å². The lowest BCUT2D eigenvalue weighted by Gasteiger charge is -2.30. The van der Waals surface area contributed by atoms with E-state index in [2.05, 4.69) is 30.0 Å². The summed E-state index contributed by atoms with van der Waals surface area (Å²) in [6, 6.07) is 6.32. The SMILES string of the molecule is COc1cc(C)ccc1N1CCOCC1. The maximum absolute atomic E-state index is 5.40. The molecule has 0 radical (unpaired) electrons. The van der Waals surface area contributed by atoms with Gasteiger partial charge in [0, 0.05) is 13.1 Å². The summed E-state index contributed by atoms with van der Waals surface area (Å²) in [5.74, 6) is 0.955. The summed E-state index contributed by atoms with van der Waals surface area (Å²) >= 11 is 0. The molecule has 1 heterocycles. The van der Waals surface area contributed by atoms with Crippen LogP contribution in [-0.2, 0) is 4.74 Å². The van der Waals surface area contributed by atoms with Gasteiger partial charge in [-0.2, -0.15) is 0 Å². The van der Waals surface area contributed by atoms with Crippen LogP contribution in [0.5, 0.6) is 5.75 Å². The second kappa shape index (κ2) is 4.53. The normalized spacial score (nSPS) is 16.5. The molecule has 1 aromatic rings. The number of ether oxygens (including phenoxy) is 2. The van der Waals surface area contributed by atoms with Crippen molar-refractivity contribution in [2.75, 3.05) is 38.3 Å². The Kier molecular flexibility index (Phi) is 3.11. The van der Waals surface area contributed by atoms with Gasteiger partial charge < -0.3 is 14.4 Å². The van der Waals surface area contributed by atoms with E-state index in [0.29, 0.717) is 0 Å². The highest BCUT2D eigenvalue weighted by molar-refractivity contribution is 5.59. The highest BCUT2D eigenvalue weighted by atomic mass is 16.5. The van der Waals surface area contributed by atoms with Gasteiger partial charge in [-0.25, -0.2) is 0 Å². The van der Waals surface area contributed by atoms with Crippen LogP contribution in [-0.4, -0.2) is 33.4 Å². The van der Waals surface area contributed by atoms with Crippen LogP contribution in [0.3, 0.4) is 0 Å². The van der Waals surface area contributed by atoms with Crippen molar-refractivity contribution in [1.82, 2.24) is 0 Å². The van der Waals surface area contributed by atoms with Crippen molar-refractivity contribution in [2.24, 2.45) is 0 Å². The summed E-state index contributed by atoms with van der Waals surface area (Å²) in [6.45, 7) is 5.57. The molecule has 0 amide bonds. The molecule has 1 aliphatic heterocycles. The van der Waals surface area contributed by atoms with Gasteiger partial charge in [0.25, 0.3) is 0 Å². The maximum atomic E-state index is 5.40. The molecule has 3 heteroatoms. The third kappa shape index (κ3) is 2.23. The smallest absolute Gasteiger partial charge is 0.142 e. The average Bonchev–Trinajstić information content (AvgIpc) is 2.30. The summed E-state index contributed by atoms with van der Waals surface area (Å²) < 4.78 is 10.7. The monoisotopic (exact) mass is 207 g/mol. The first kappa shape index (κ1) is 10.3. The summed E-state index contributed by atoms with van der Waals surface area (Å²) in [5.41, 5.74) is 2.40. The van der Waals surface area contributed by atoms with Crippen LogP contribution in [0.25, 0.3) is 0 Å². The lowest BCUT2D eigenvalue weighted by Crippen LogP contribution is -2.36. The molecule has 0 unspecified atom stereocenters. The number of nitrogens with zero attached hydrogens (tertiary/aromatic N) is 1. The van der Waals surface area contributed by atoms with Crippen LogP contribution >= 0.6 is 0 Å². The van der Waals surface area contributed by atoms with E-state index in [9.17, 15) is 0 Å². The predicted molar refractivity (Wildman–Crippen MR) is 60.8 cm³/mol. The number of benzene rings is 1. The van der Waals surface area contributed by atoms with E-state index in [1.54, 1.807) is 7.11 Å². The zero-order chi connectivity index (χ0) is 10.7. The minimum Gasteiger partial charge on any atom is -0.495 e. The van der Waals surface area contributed by atoms with Crippen molar-refractivity contribution in [2.45, 2.75) is 6.92 Å². The van der Waals surface area contributed by atoms with Gasteiger partial charge in [-0.05, 0) is 24.6 Å². The molecule has 1 aromatic carbocycles. The number of hydrogen-bond donors (Lipinski definition) is 0. The number of anilines is 1. The molecular weight excluding hydrogens is 190 g/mol. The Hall–Kier alpha value is -1.22. The quantitative estimate of drug-likeness (QED) is 0.738. The van der Waals surface area contributed by atoms with E-state index >= 15 is 0 Å². The fourth-order valence-corrected chi connectivity index (χ4v) is 1.85. The van der Waals surface area contributed by atoms with Crippen molar-refractivity contribution in [3.63, 3.8) is 0 Å². The Morgan fingerprint density at radius 3 is 2.67 bits per heavy atom. The maximum Gasteiger partial charge on any atom is 0.142 e. The Labute approximate surface area is 90.6 Å². The van der Waals surface area contributed by atoms with Crippen molar-refractivity contribution >= 4 is 5.69 Å². The van der Waals surface area contributed by atoms with Crippen molar-refractivity contribution < 1.29 is 9.47 Å². The molecule has 1 saturated heterocycles. The molecule has 0 bridgehead atoms. The molecule has 2 rings (SSSR count). The second-order valence-corrected chi connectivity index (χ2v) is 3.77. The van der Waals surface area contributed by atoms with E-state index in [4.69, 9.17) is 9.47 Å². The first-order valence-corrected chi connectivity index (χ1v) is 5.28. The summed E-state index contributed by atoms with van der Waals surface area (Å²) in [7, 11) is 1.72. The molecular formula is C12H17NO2. The van der Waals surface area contributed by atoms with Crippen molar-refractivity contribution in [1.29, 1.82) is 0 Å². The molecule has 82 valence electrons. The predicted octanol–water partition coefficient (Wildman–Crippen LogP) is 1.84. The number of hydrogen-bond acceptors (Lipinski definition) is 3. The molecule has 0 aliphatic carbocycles. The lowest BCUT2D eigenvalue weighted by atomic mass is 10.2. The molecule has 3 nitrogen and oxygen atoms in total. The Morgan fingerprint density at radius 1 is 1.27 bits per heavy atom. The van der Waals surface area contributed by atoms with Gasteiger partial charge in [-0.3, -0.25) is 0 Å². The zero-order valence-corrected chi connectivity index (χ0v) is 9.32. The third-order valence-corrected chi connectivity index (χ3v) is 2.69. The second-order valence-electron chi connectivity index (χ2n) is 3.77. The minimum absolute atomic E-state index is 0.803. The summed E-state index contributed by atoms with van der Waals surface area (Å²) in [5, 5.41) is 0. The fourth-order valence-electron chi connectivity index (χ4n) is 1.85. The van der Waals surface area contributed by atoms with Crippen LogP contribution in [0.1, 0.15) is 5.56 Å². The number of rotatable bonds is 2. The molecule has 0 aromatic heterocycles. The van der Waals surface area contributed by atoms with Crippen LogP contribution in [0.4, 0.5) is 5.69 Å². The van der Waals surface area contributed by atoms with Gasteiger partial charge in [-0.15, -0.1) is 0 Å². The molecule has 1 aliphatic rings. The summed E-state index contributed by atoms with van der Waals surface area (Å²) in [4.78, 5) is 2.31. The molecule has 0 saturated carbocycles. The van der Waals surface area contributed by atoms with Crippen LogP contribution in [0.2, 0.25) is 0 Å². The number of aryl methyl sites for hydroxylation is 1. The summed E-state index contributed by atoms with van der Waals surface area (Å²) in [6.07, 6.45) is 0. The Morgan fingerprint density at radius 2 is 2.00 bits per heavy atom. The van der Waals surface area contributed by atoms with Crippen molar-refractivity contribution in [3.8, 4) is 5.75 Å². The van der Waals surface area contributed by atoms with Crippen LogP contribution in [0, 0.1) is 6.92 Å². The highest BCUT2D eigenvalue weighted by Crippen LogP contribution is 2.29. The molecule has 1 fully saturated rings. The van der Waals surface area contributed by atoms with Gasteiger partial charge in [0.05, 0.1) is 26.0 Å². The van der Waals surface area contributed by atoms with Gasteiger partial charge in [0.1, 0.15) is 5.75 Å². The number of methoxy groups -OCH3 is 1. The molecule has 0 spiro atoms. The minimum atomic E-state index is 0.803. The zero-order valence-electron chi connectivity index (χ0n) is 9.32. The van der Waals surface area contributed by atoms with E-state index in [-0.39, 0.29) is 0 Å². The van der Waals surface area contributed by atoms with E-state index in [1.165, 1.54) is 11.3 Å². The molecule has 0 atom stereocenters. The third-order valence-electron chi connectivity index (χ3n) is 2.69. The van der Waals surface area contributed by atoms with Gasteiger partial charge >= 0.3 is 0 Å². The molecule has 15 heavy (non-hydrogen) atoms. The highest BCUT2D eigenvalue weighted by Gasteiger charge is 2.14. The van der Waals surface area contributed by atoms with E-state index in [1.807, 2.05) is 0 Å². The van der Waals surface area contributed by atoms with Gasteiger partial charge in [0.2, 0.25) is 0 Å². The van der Waals surface area contributed by atoms with Gasteiger partial charge in [0.15, 0.2) is 0 Å². The standard InChI is InChI=1S/C12H17NO2/c1-10-3-4-11(12(9-10)14-2)13-5-7-15-8-6-13/h3-4,9H,5-8H2,1-2H3. The topological polar surface area (TPSA) is 21.7 Å². The van der Waals surface area contributed by atoms with E-state index < -0.39 is 0 Å². The molecule has 0 N–H and O–H groups in total. The van der Waals surface area contributed by atoms with E-state index in [0.717, 1.165) is 32.1 Å². The fraction of sp³-hybridized carbons (Fsp3) is 0.500. The van der Waals surface area contributed by atoms with Crippen LogP contribution in [0.15, 0.2) is 18.2 Å². The Balaban J connectivity index is 2.25. The van der Waals surface area contributed by atoms with Gasteiger partial charge in [-0.1, -0.05) is 6.07 Å². The average molecular weight is 207 g/mol. The first-order chi connectivity index (χ1) is 7.31. The first-order valence-electron chi connectivity index (χ1n) is 5.28.